The summed E-state index contributed by atoms with van der Waals surface area (Å²) in [5.74, 6) is 0.699. The Labute approximate surface area is 149 Å². The first-order valence-corrected chi connectivity index (χ1v) is 7.81. The van der Waals surface area contributed by atoms with E-state index < -0.39 is 17.3 Å². The van der Waals surface area contributed by atoms with Crippen LogP contribution in [0.25, 0.3) is 22.4 Å². The van der Waals surface area contributed by atoms with Gasteiger partial charge in [-0.3, -0.25) is 9.36 Å². The lowest BCUT2D eigenvalue weighted by Gasteiger charge is -2.11. The fourth-order valence-electron chi connectivity index (χ4n) is 2.79. The van der Waals surface area contributed by atoms with Crippen LogP contribution in [0, 0.1) is 0 Å². The number of fused-ring (bicyclic) bond motifs is 3. The van der Waals surface area contributed by atoms with Crippen molar-refractivity contribution in [1.29, 1.82) is 0 Å². The lowest BCUT2D eigenvalue weighted by Crippen LogP contribution is -2.19. The summed E-state index contributed by atoms with van der Waals surface area (Å²) in [6.07, 6.45) is -1.76. The van der Waals surface area contributed by atoms with Crippen LogP contribution in [-0.4, -0.2) is 31.3 Å². The van der Waals surface area contributed by atoms with Crippen molar-refractivity contribution >= 4 is 16.7 Å². The summed E-state index contributed by atoms with van der Waals surface area (Å²) in [4.78, 5) is 21.1. The van der Waals surface area contributed by atoms with E-state index in [1.807, 2.05) is 0 Å². The summed E-state index contributed by atoms with van der Waals surface area (Å²) < 4.78 is 46.4. The lowest BCUT2D eigenvalue weighted by atomic mass is 10.2. The third kappa shape index (κ3) is 2.93. The van der Waals surface area contributed by atoms with Crippen LogP contribution in [0.4, 0.5) is 13.2 Å². The van der Waals surface area contributed by atoms with E-state index in [0.717, 1.165) is 16.7 Å². The molecule has 0 N–H and O–H groups in total. The van der Waals surface area contributed by atoms with Gasteiger partial charge in [0.2, 0.25) is 0 Å². The number of benzene rings is 1. The van der Waals surface area contributed by atoms with Crippen LogP contribution in [-0.2, 0) is 17.5 Å². The van der Waals surface area contributed by atoms with Crippen molar-refractivity contribution in [3.8, 4) is 5.69 Å². The molecule has 10 heteroatoms. The highest BCUT2D eigenvalue weighted by Crippen LogP contribution is 2.30. The number of hydrogen-bond acceptors (Lipinski definition) is 5. The smallest absolute Gasteiger partial charge is 0.377 e. The van der Waals surface area contributed by atoms with Gasteiger partial charge < -0.3 is 4.74 Å². The summed E-state index contributed by atoms with van der Waals surface area (Å²) in [6.45, 7) is 0.187. The molecule has 27 heavy (non-hydrogen) atoms. The molecule has 4 rings (SSSR count). The number of halogens is 3. The van der Waals surface area contributed by atoms with E-state index >= 15 is 0 Å². The molecular formula is C17H12F3N5O2. The molecular weight excluding hydrogens is 363 g/mol. The largest absolute Gasteiger partial charge is 0.416 e. The summed E-state index contributed by atoms with van der Waals surface area (Å²) >= 11 is 0. The molecule has 0 unspecified atom stereocenters. The second-order valence-electron chi connectivity index (χ2n) is 5.77. The van der Waals surface area contributed by atoms with Crippen LogP contribution in [0.3, 0.4) is 0 Å². The average Bonchev–Trinajstić information content (AvgIpc) is 3.05. The summed E-state index contributed by atoms with van der Waals surface area (Å²) in [7, 11) is 1.50. The van der Waals surface area contributed by atoms with Gasteiger partial charge >= 0.3 is 6.18 Å². The minimum Gasteiger partial charge on any atom is -0.377 e. The number of rotatable bonds is 3. The van der Waals surface area contributed by atoms with E-state index in [-0.39, 0.29) is 17.7 Å². The fraction of sp³-hybridized carbons (Fsp3) is 0.176. The molecule has 4 aromatic rings. The van der Waals surface area contributed by atoms with E-state index in [0.29, 0.717) is 17.1 Å². The van der Waals surface area contributed by atoms with Gasteiger partial charge in [-0.25, -0.2) is 4.98 Å². The molecule has 0 spiro atoms. The summed E-state index contributed by atoms with van der Waals surface area (Å²) in [6, 6.07) is 6.14. The molecule has 0 aliphatic rings. The second kappa shape index (κ2) is 6.16. The second-order valence-corrected chi connectivity index (χ2v) is 5.77. The molecule has 138 valence electrons. The predicted octanol–water partition coefficient (Wildman–Crippen LogP) is 2.59. The van der Waals surface area contributed by atoms with Crippen LogP contribution < -0.4 is 5.56 Å². The Hall–Kier alpha value is -3.27. The SMILES string of the molecule is COCc1nc2ncc3c(=O)n(-c4cccc(C(F)(F)F)c4)ccc3n2n1. The molecule has 3 heterocycles. The molecule has 0 bridgehead atoms. The highest BCUT2D eigenvalue weighted by Gasteiger charge is 2.30. The van der Waals surface area contributed by atoms with Crippen LogP contribution in [0.1, 0.15) is 11.4 Å². The lowest BCUT2D eigenvalue weighted by molar-refractivity contribution is -0.137. The fourth-order valence-corrected chi connectivity index (χ4v) is 2.79. The first-order valence-electron chi connectivity index (χ1n) is 7.81. The maximum absolute atomic E-state index is 13.0. The molecule has 7 nitrogen and oxygen atoms in total. The van der Waals surface area contributed by atoms with E-state index in [1.165, 1.54) is 36.2 Å². The number of nitrogens with zero attached hydrogens (tertiary/aromatic N) is 5. The van der Waals surface area contributed by atoms with E-state index in [2.05, 4.69) is 15.1 Å². The van der Waals surface area contributed by atoms with E-state index in [4.69, 9.17) is 4.74 Å². The van der Waals surface area contributed by atoms with Gasteiger partial charge in [-0.05, 0) is 24.3 Å². The minimum atomic E-state index is -4.50. The van der Waals surface area contributed by atoms with E-state index in [1.54, 1.807) is 6.07 Å². The Kier molecular flexibility index (Phi) is 3.92. The zero-order chi connectivity index (χ0) is 19.2. The van der Waals surface area contributed by atoms with Gasteiger partial charge in [0.15, 0.2) is 5.82 Å². The predicted molar refractivity (Wildman–Crippen MR) is 89.6 cm³/mol. The molecule has 0 fully saturated rings. The Balaban J connectivity index is 1.90. The Morgan fingerprint density at radius 1 is 1.22 bits per heavy atom. The summed E-state index contributed by atoms with van der Waals surface area (Å²) in [5, 5.41) is 4.45. The van der Waals surface area contributed by atoms with Crippen molar-refractivity contribution in [3.05, 3.63) is 64.5 Å². The Bertz CT molecular complexity index is 1210. The van der Waals surface area contributed by atoms with Crippen LogP contribution in [0.2, 0.25) is 0 Å². The molecule has 0 atom stereocenters. The van der Waals surface area contributed by atoms with Gasteiger partial charge in [0, 0.05) is 25.2 Å². The maximum Gasteiger partial charge on any atom is 0.416 e. The first kappa shape index (κ1) is 17.2. The van der Waals surface area contributed by atoms with Crippen LogP contribution >= 0.6 is 0 Å². The minimum absolute atomic E-state index is 0.107. The highest BCUT2D eigenvalue weighted by atomic mass is 19.4. The van der Waals surface area contributed by atoms with Crippen molar-refractivity contribution in [3.63, 3.8) is 0 Å². The van der Waals surface area contributed by atoms with Gasteiger partial charge in [-0.2, -0.15) is 22.7 Å². The molecule has 3 aromatic heterocycles. The quantitative estimate of drug-likeness (QED) is 0.550. The van der Waals surface area contributed by atoms with Crippen molar-refractivity contribution in [2.45, 2.75) is 12.8 Å². The van der Waals surface area contributed by atoms with Crippen LogP contribution in [0.15, 0.2) is 47.5 Å². The van der Waals surface area contributed by atoms with Crippen molar-refractivity contribution < 1.29 is 17.9 Å². The van der Waals surface area contributed by atoms with Crippen molar-refractivity contribution in [2.75, 3.05) is 7.11 Å². The van der Waals surface area contributed by atoms with Gasteiger partial charge in [0.05, 0.1) is 16.5 Å². The zero-order valence-corrected chi connectivity index (χ0v) is 13.9. The normalized spacial score (nSPS) is 12.1. The summed E-state index contributed by atoms with van der Waals surface area (Å²) in [5.41, 5.74) is -0.787. The third-order valence-electron chi connectivity index (χ3n) is 4.00. The van der Waals surface area contributed by atoms with Gasteiger partial charge in [0.1, 0.15) is 6.61 Å². The number of hydrogen-bond donors (Lipinski definition) is 0. The Morgan fingerprint density at radius 3 is 2.78 bits per heavy atom. The van der Waals surface area contributed by atoms with Gasteiger partial charge in [-0.15, -0.1) is 5.10 Å². The monoisotopic (exact) mass is 375 g/mol. The van der Waals surface area contributed by atoms with E-state index in [9.17, 15) is 18.0 Å². The van der Waals surface area contributed by atoms with Crippen molar-refractivity contribution in [2.24, 2.45) is 0 Å². The molecule has 0 saturated carbocycles. The highest BCUT2D eigenvalue weighted by molar-refractivity contribution is 5.79. The molecule has 0 saturated heterocycles. The zero-order valence-electron chi connectivity index (χ0n) is 13.9. The van der Waals surface area contributed by atoms with Crippen LogP contribution in [0.5, 0.6) is 0 Å². The molecule has 0 aliphatic carbocycles. The third-order valence-corrected chi connectivity index (χ3v) is 4.00. The Morgan fingerprint density at radius 2 is 2.04 bits per heavy atom. The number of aromatic nitrogens is 5. The molecule has 0 radical (unpaired) electrons. The average molecular weight is 375 g/mol. The number of pyridine rings is 1. The topological polar surface area (TPSA) is 74.3 Å². The number of methoxy groups -OCH3 is 1. The van der Waals surface area contributed by atoms with Gasteiger partial charge in [0.25, 0.3) is 11.3 Å². The number of alkyl halides is 3. The molecule has 0 aliphatic heterocycles. The number of ether oxygens (including phenoxy) is 1. The van der Waals surface area contributed by atoms with Gasteiger partial charge in [-0.1, -0.05) is 6.07 Å². The van der Waals surface area contributed by atoms with Crippen molar-refractivity contribution in [1.82, 2.24) is 24.1 Å². The first-order chi connectivity index (χ1) is 12.9. The molecule has 0 amide bonds. The maximum atomic E-state index is 13.0. The molecule has 1 aromatic carbocycles. The standard InChI is InChI=1S/C17H12F3N5O2/c1-27-9-14-22-16-21-8-12-13(25(16)23-14)5-6-24(15(12)26)11-4-2-3-10(7-11)17(18,19)20/h2-8H,9H2,1H3.